The first-order valence-corrected chi connectivity index (χ1v) is 8.95. The van der Waals surface area contributed by atoms with Gasteiger partial charge in [0.1, 0.15) is 0 Å². The normalized spacial score (nSPS) is 11.2. The lowest BCUT2D eigenvalue weighted by Gasteiger charge is -2.14. The fourth-order valence-electron chi connectivity index (χ4n) is 3.63. The Morgan fingerprint density at radius 1 is 1.08 bits per heavy atom. The van der Waals surface area contributed by atoms with Crippen molar-refractivity contribution in [3.63, 3.8) is 0 Å². The van der Waals surface area contributed by atoms with Crippen LogP contribution in [0.15, 0.2) is 30.5 Å². The lowest BCUT2D eigenvalue weighted by molar-refractivity contribution is 0.282. The monoisotopic (exact) mass is 337 g/mol. The number of anilines is 1. The molecule has 132 valence electrons. The minimum Gasteiger partial charge on any atom is -0.392 e. The predicted molar refractivity (Wildman–Crippen MR) is 104 cm³/mol. The van der Waals surface area contributed by atoms with Gasteiger partial charge >= 0.3 is 0 Å². The Hall–Kier alpha value is -2.33. The van der Waals surface area contributed by atoms with Crippen molar-refractivity contribution in [2.24, 2.45) is 0 Å². The highest BCUT2D eigenvalue weighted by Crippen LogP contribution is 2.31. The van der Waals surface area contributed by atoms with Crippen molar-refractivity contribution < 1.29 is 5.11 Å². The standard InChI is InChI=1S/C21H27N3O/c1-5-11-24-16(4)19(13-25)17-9-10-22-21(20(17)24)23-12-18-14(2)7-6-8-15(18)3/h6-10,25H,5,11-13H2,1-4H3,(H,22,23). The van der Waals surface area contributed by atoms with E-state index >= 15 is 0 Å². The Morgan fingerprint density at radius 2 is 1.80 bits per heavy atom. The zero-order chi connectivity index (χ0) is 18.0. The maximum Gasteiger partial charge on any atom is 0.150 e. The van der Waals surface area contributed by atoms with E-state index < -0.39 is 0 Å². The second kappa shape index (κ2) is 7.28. The lowest BCUT2D eigenvalue weighted by atomic mass is 10.0. The summed E-state index contributed by atoms with van der Waals surface area (Å²) in [6.45, 7) is 10.3. The van der Waals surface area contributed by atoms with Crippen molar-refractivity contribution in [3.05, 3.63) is 58.4 Å². The molecule has 2 heterocycles. The molecule has 0 atom stereocenters. The van der Waals surface area contributed by atoms with E-state index in [9.17, 15) is 5.11 Å². The number of pyridine rings is 1. The number of nitrogens with zero attached hydrogens (tertiary/aromatic N) is 2. The minimum absolute atomic E-state index is 0.0550. The van der Waals surface area contributed by atoms with Crippen molar-refractivity contribution >= 4 is 16.7 Å². The summed E-state index contributed by atoms with van der Waals surface area (Å²) in [5, 5.41) is 14.4. The molecule has 0 radical (unpaired) electrons. The number of hydrogen-bond acceptors (Lipinski definition) is 3. The van der Waals surface area contributed by atoms with Gasteiger partial charge in [0.2, 0.25) is 0 Å². The van der Waals surface area contributed by atoms with Gasteiger partial charge in [-0.2, -0.15) is 0 Å². The summed E-state index contributed by atoms with van der Waals surface area (Å²) in [6.07, 6.45) is 2.87. The van der Waals surface area contributed by atoms with Crippen LogP contribution in [0, 0.1) is 20.8 Å². The van der Waals surface area contributed by atoms with Crippen LogP contribution in [0.1, 0.15) is 41.3 Å². The number of aryl methyl sites for hydroxylation is 3. The molecular weight excluding hydrogens is 310 g/mol. The average Bonchev–Trinajstić information content (AvgIpc) is 2.87. The number of nitrogens with one attached hydrogen (secondary N) is 1. The van der Waals surface area contributed by atoms with Crippen LogP contribution in [0.3, 0.4) is 0 Å². The summed E-state index contributed by atoms with van der Waals surface area (Å²) in [6, 6.07) is 8.39. The molecule has 0 aliphatic carbocycles. The molecule has 2 N–H and O–H groups in total. The molecule has 0 spiro atoms. The van der Waals surface area contributed by atoms with E-state index in [1.807, 2.05) is 12.3 Å². The fraction of sp³-hybridized carbons (Fsp3) is 0.381. The molecule has 3 aromatic rings. The molecule has 4 heteroatoms. The molecule has 0 fully saturated rings. The molecular formula is C21H27N3O. The van der Waals surface area contributed by atoms with Crippen molar-refractivity contribution in [1.29, 1.82) is 0 Å². The summed E-state index contributed by atoms with van der Waals surface area (Å²) in [5.41, 5.74) is 7.11. The van der Waals surface area contributed by atoms with E-state index in [1.165, 1.54) is 16.7 Å². The highest BCUT2D eigenvalue weighted by Gasteiger charge is 2.17. The molecule has 0 saturated heterocycles. The Kier molecular flexibility index (Phi) is 5.09. The Balaban J connectivity index is 2.04. The highest BCUT2D eigenvalue weighted by molar-refractivity contribution is 5.93. The van der Waals surface area contributed by atoms with Gasteiger partial charge in [-0.3, -0.25) is 0 Å². The molecule has 0 bridgehead atoms. The third-order valence-corrected chi connectivity index (χ3v) is 5.04. The largest absolute Gasteiger partial charge is 0.392 e. The molecule has 2 aromatic heterocycles. The van der Waals surface area contributed by atoms with Gasteiger partial charge in [0.25, 0.3) is 0 Å². The predicted octanol–water partition coefficient (Wildman–Crippen LogP) is 4.48. The maximum atomic E-state index is 9.82. The number of aliphatic hydroxyl groups is 1. The first-order valence-electron chi connectivity index (χ1n) is 8.95. The zero-order valence-electron chi connectivity index (χ0n) is 15.6. The average molecular weight is 337 g/mol. The molecule has 0 amide bonds. The van der Waals surface area contributed by atoms with Crippen LogP contribution in [-0.4, -0.2) is 14.7 Å². The molecule has 1 aromatic carbocycles. The van der Waals surface area contributed by atoms with E-state index in [4.69, 9.17) is 0 Å². The maximum absolute atomic E-state index is 9.82. The quantitative estimate of drug-likeness (QED) is 0.697. The first-order chi connectivity index (χ1) is 12.1. The van der Waals surface area contributed by atoms with Crippen molar-refractivity contribution in [3.8, 4) is 0 Å². The number of hydrogen-bond donors (Lipinski definition) is 2. The SMILES string of the molecule is CCCn1c(C)c(CO)c2ccnc(NCc3c(C)cccc3C)c21. The van der Waals surface area contributed by atoms with Gasteiger partial charge in [0.05, 0.1) is 12.1 Å². The number of aromatic nitrogens is 2. The van der Waals surface area contributed by atoms with Crippen molar-refractivity contribution in [2.75, 3.05) is 5.32 Å². The van der Waals surface area contributed by atoms with Gasteiger partial charge in [-0.05, 0) is 49.9 Å². The number of rotatable bonds is 6. The molecule has 25 heavy (non-hydrogen) atoms. The van der Waals surface area contributed by atoms with Gasteiger partial charge in [-0.25, -0.2) is 4.98 Å². The second-order valence-corrected chi connectivity index (χ2v) is 6.65. The van der Waals surface area contributed by atoms with Crippen LogP contribution in [0.2, 0.25) is 0 Å². The Bertz CT molecular complexity index is 876. The van der Waals surface area contributed by atoms with E-state index in [0.717, 1.165) is 47.5 Å². The topological polar surface area (TPSA) is 50.1 Å². The third kappa shape index (κ3) is 3.14. The lowest BCUT2D eigenvalue weighted by Crippen LogP contribution is -2.07. The summed E-state index contributed by atoms with van der Waals surface area (Å²) in [7, 11) is 0. The Labute approximate surface area is 149 Å². The fourth-order valence-corrected chi connectivity index (χ4v) is 3.63. The zero-order valence-corrected chi connectivity index (χ0v) is 15.6. The molecule has 4 nitrogen and oxygen atoms in total. The van der Waals surface area contributed by atoms with Gasteiger partial charge < -0.3 is 15.0 Å². The van der Waals surface area contributed by atoms with E-state index in [-0.39, 0.29) is 6.61 Å². The van der Waals surface area contributed by atoms with Gasteiger partial charge in [-0.1, -0.05) is 25.1 Å². The van der Waals surface area contributed by atoms with Crippen molar-refractivity contribution in [2.45, 2.75) is 53.8 Å². The highest BCUT2D eigenvalue weighted by atomic mass is 16.3. The molecule has 0 aliphatic rings. The molecule has 0 saturated carbocycles. The Morgan fingerprint density at radius 3 is 2.44 bits per heavy atom. The molecule has 3 rings (SSSR count). The number of fused-ring (bicyclic) bond motifs is 1. The van der Waals surface area contributed by atoms with Gasteiger partial charge in [-0.15, -0.1) is 0 Å². The first kappa shape index (κ1) is 17.5. The number of aliphatic hydroxyl groups excluding tert-OH is 1. The summed E-state index contributed by atoms with van der Waals surface area (Å²) < 4.78 is 2.28. The van der Waals surface area contributed by atoms with E-state index in [2.05, 4.69) is 60.8 Å². The van der Waals surface area contributed by atoms with Crippen LogP contribution in [0.25, 0.3) is 10.9 Å². The third-order valence-electron chi connectivity index (χ3n) is 5.04. The summed E-state index contributed by atoms with van der Waals surface area (Å²) in [5.74, 6) is 0.886. The van der Waals surface area contributed by atoms with Crippen LogP contribution in [-0.2, 0) is 19.7 Å². The van der Waals surface area contributed by atoms with E-state index in [0.29, 0.717) is 0 Å². The minimum atomic E-state index is 0.0550. The smallest absolute Gasteiger partial charge is 0.150 e. The molecule has 0 unspecified atom stereocenters. The van der Waals surface area contributed by atoms with Crippen LogP contribution >= 0.6 is 0 Å². The van der Waals surface area contributed by atoms with Crippen LogP contribution < -0.4 is 5.32 Å². The van der Waals surface area contributed by atoms with E-state index in [1.54, 1.807) is 0 Å². The summed E-state index contributed by atoms with van der Waals surface area (Å²) >= 11 is 0. The van der Waals surface area contributed by atoms with Crippen LogP contribution in [0.5, 0.6) is 0 Å². The molecule has 0 aliphatic heterocycles. The van der Waals surface area contributed by atoms with Gasteiger partial charge in [0, 0.05) is 35.9 Å². The van der Waals surface area contributed by atoms with Gasteiger partial charge in [0.15, 0.2) is 5.82 Å². The summed E-state index contributed by atoms with van der Waals surface area (Å²) in [4.78, 5) is 4.60. The number of benzene rings is 1. The van der Waals surface area contributed by atoms with Crippen molar-refractivity contribution in [1.82, 2.24) is 9.55 Å². The second-order valence-electron chi connectivity index (χ2n) is 6.65. The van der Waals surface area contributed by atoms with Crippen LogP contribution in [0.4, 0.5) is 5.82 Å².